The lowest BCUT2D eigenvalue weighted by Crippen LogP contribution is -2.54. The minimum atomic E-state index is -0.359. The highest BCUT2D eigenvalue weighted by Crippen LogP contribution is 2.32. The van der Waals surface area contributed by atoms with Gasteiger partial charge in [-0.3, -0.25) is 4.79 Å². The van der Waals surface area contributed by atoms with Gasteiger partial charge in [0.1, 0.15) is 22.8 Å². The Kier molecular flexibility index (Phi) is 4.70. The van der Waals surface area contributed by atoms with Crippen LogP contribution in [0.15, 0.2) is 42.5 Å². The first kappa shape index (κ1) is 17.0. The number of rotatable bonds is 3. The van der Waals surface area contributed by atoms with E-state index in [9.17, 15) is 15.0 Å². The smallest absolute Gasteiger partial charge is 0.261 e. The molecule has 0 radical (unpaired) electrons. The Balaban J connectivity index is 1.79. The molecule has 132 valence electrons. The Morgan fingerprint density at radius 1 is 1.08 bits per heavy atom. The van der Waals surface area contributed by atoms with E-state index in [0.717, 1.165) is 11.4 Å². The third-order valence-corrected chi connectivity index (χ3v) is 4.55. The zero-order chi connectivity index (χ0) is 18.0. The van der Waals surface area contributed by atoms with Gasteiger partial charge in [-0.1, -0.05) is 18.2 Å². The van der Waals surface area contributed by atoms with Crippen LogP contribution in [0.2, 0.25) is 0 Å². The van der Waals surface area contributed by atoms with E-state index in [1.807, 2.05) is 31.2 Å². The molecule has 0 unspecified atom stereocenters. The zero-order valence-electron chi connectivity index (χ0n) is 14.3. The second kappa shape index (κ2) is 6.93. The second-order valence-electron chi connectivity index (χ2n) is 6.14. The Hall–Kier alpha value is -2.89. The molecule has 2 aromatic carbocycles. The van der Waals surface area contributed by atoms with Gasteiger partial charge in [-0.25, -0.2) is 0 Å². The summed E-state index contributed by atoms with van der Waals surface area (Å²) in [5.41, 5.74) is 0.953. The van der Waals surface area contributed by atoms with Gasteiger partial charge in [-0.15, -0.1) is 0 Å². The molecule has 1 amide bonds. The zero-order valence-corrected chi connectivity index (χ0v) is 14.3. The standard InChI is InChI=1S/C19H22N2O4/c1-13-12-20(14-6-3-4-9-17(14)25-2)10-11-21(13)19(24)18-15(22)7-5-8-16(18)23/h3-9,13,22-23H,10-12H2,1-2H3/t13-/m1/s1. The summed E-state index contributed by atoms with van der Waals surface area (Å²) >= 11 is 0. The summed E-state index contributed by atoms with van der Waals surface area (Å²) in [6.07, 6.45) is 0. The van der Waals surface area contributed by atoms with Crippen LogP contribution in [0, 0.1) is 0 Å². The van der Waals surface area contributed by atoms with Gasteiger partial charge in [0.2, 0.25) is 0 Å². The molecule has 0 aliphatic carbocycles. The van der Waals surface area contributed by atoms with Gasteiger partial charge in [0, 0.05) is 25.7 Å². The fourth-order valence-electron chi connectivity index (χ4n) is 3.26. The Bertz CT molecular complexity index is 758. The van der Waals surface area contributed by atoms with E-state index in [0.29, 0.717) is 19.6 Å². The van der Waals surface area contributed by atoms with E-state index in [2.05, 4.69) is 4.90 Å². The number of carbonyl (C=O) groups excluding carboxylic acids is 1. The van der Waals surface area contributed by atoms with Crippen LogP contribution < -0.4 is 9.64 Å². The molecule has 6 nitrogen and oxygen atoms in total. The van der Waals surface area contributed by atoms with Crippen LogP contribution in [0.4, 0.5) is 5.69 Å². The summed E-state index contributed by atoms with van der Waals surface area (Å²) in [5.74, 6) is 0.0318. The maximum absolute atomic E-state index is 12.8. The van der Waals surface area contributed by atoms with Crippen LogP contribution in [0.5, 0.6) is 17.2 Å². The number of hydrogen-bond donors (Lipinski definition) is 2. The summed E-state index contributed by atoms with van der Waals surface area (Å²) in [6.45, 7) is 3.73. The first-order chi connectivity index (χ1) is 12.0. The minimum Gasteiger partial charge on any atom is -0.507 e. The maximum Gasteiger partial charge on any atom is 0.261 e. The minimum absolute atomic E-state index is 0.0416. The number of benzene rings is 2. The largest absolute Gasteiger partial charge is 0.507 e. The fourth-order valence-corrected chi connectivity index (χ4v) is 3.26. The monoisotopic (exact) mass is 342 g/mol. The third-order valence-electron chi connectivity index (χ3n) is 4.55. The molecule has 2 N–H and O–H groups in total. The lowest BCUT2D eigenvalue weighted by molar-refractivity contribution is 0.0667. The number of piperazine rings is 1. The van der Waals surface area contributed by atoms with Crippen molar-refractivity contribution in [2.45, 2.75) is 13.0 Å². The first-order valence-electron chi connectivity index (χ1n) is 8.22. The van der Waals surface area contributed by atoms with Crippen LogP contribution >= 0.6 is 0 Å². The molecule has 0 saturated carbocycles. The lowest BCUT2D eigenvalue weighted by atomic mass is 10.1. The van der Waals surface area contributed by atoms with Crippen molar-refractivity contribution in [3.63, 3.8) is 0 Å². The molecule has 0 bridgehead atoms. The number of para-hydroxylation sites is 2. The van der Waals surface area contributed by atoms with Gasteiger partial charge in [0.15, 0.2) is 0 Å². The normalized spacial score (nSPS) is 17.4. The summed E-state index contributed by atoms with van der Waals surface area (Å²) in [4.78, 5) is 16.6. The number of nitrogens with zero attached hydrogens (tertiary/aromatic N) is 2. The van der Waals surface area contributed by atoms with Crippen molar-refractivity contribution in [3.8, 4) is 17.2 Å². The topological polar surface area (TPSA) is 73.2 Å². The SMILES string of the molecule is COc1ccccc1N1CCN(C(=O)c2c(O)cccc2O)[C@H](C)C1. The van der Waals surface area contributed by atoms with Crippen molar-refractivity contribution in [3.05, 3.63) is 48.0 Å². The average Bonchev–Trinajstić information content (AvgIpc) is 2.61. The highest BCUT2D eigenvalue weighted by Gasteiger charge is 2.31. The van der Waals surface area contributed by atoms with Gasteiger partial charge < -0.3 is 24.7 Å². The predicted molar refractivity (Wildman–Crippen MR) is 95.5 cm³/mol. The van der Waals surface area contributed by atoms with Crippen LogP contribution in [-0.4, -0.2) is 53.8 Å². The third kappa shape index (κ3) is 3.20. The molecule has 1 saturated heterocycles. The van der Waals surface area contributed by atoms with Gasteiger partial charge in [-0.05, 0) is 31.2 Å². The number of aromatic hydroxyl groups is 2. The van der Waals surface area contributed by atoms with Crippen LogP contribution in [0.25, 0.3) is 0 Å². The number of anilines is 1. The van der Waals surface area contributed by atoms with Crippen molar-refractivity contribution in [1.29, 1.82) is 0 Å². The second-order valence-corrected chi connectivity index (χ2v) is 6.14. The maximum atomic E-state index is 12.8. The van der Waals surface area contributed by atoms with E-state index in [4.69, 9.17) is 4.74 Å². The number of phenols is 2. The first-order valence-corrected chi connectivity index (χ1v) is 8.22. The molecular weight excluding hydrogens is 320 g/mol. The highest BCUT2D eigenvalue weighted by molar-refractivity contribution is 5.99. The quantitative estimate of drug-likeness (QED) is 0.896. The average molecular weight is 342 g/mol. The van der Waals surface area contributed by atoms with Gasteiger partial charge >= 0.3 is 0 Å². The molecule has 1 aliphatic rings. The number of carbonyl (C=O) groups is 1. The van der Waals surface area contributed by atoms with Crippen molar-refractivity contribution < 1.29 is 19.7 Å². The Morgan fingerprint density at radius 3 is 2.40 bits per heavy atom. The van der Waals surface area contributed by atoms with Crippen molar-refractivity contribution >= 4 is 11.6 Å². The Morgan fingerprint density at radius 2 is 1.76 bits per heavy atom. The Labute approximate surface area is 146 Å². The molecule has 0 aromatic heterocycles. The molecule has 6 heteroatoms. The molecule has 25 heavy (non-hydrogen) atoms. The summed E-state index contributed by atoms with van der Waals surface area (Å²) in [7, 11) is 1.64. The molecule has 1 atom stereocenters. The number of phenolic OH excluding ortho intramolecular Hbond substituents is 2. The van der Waals surface area contributed by atoms with E-state index in [1.165, 1.54) is 18.2 Å². The van der Waals surface area contributed by atoms with Crippen LogP contribution in [0.1, 0.15) is 17.3 Å². The number of methoxy groups -OCH3 is 1. The van der Waals surface area contributed by atoms with E-state index < -0.39 is 0 Å². The summed E-state index contributed by atoms with van der Waals surface area (Å²) in [6, 6.07) is 12.0. The summed E-state index contributed by atoms with van der Waals surface area (Å²) < 4.78 is 5.42. The molecule has 1 heterocycles. The molecule has 2 aromatic rings. The molecule has 1 aliphatic heterocycles. The van der Waals surface area contributed by atoms with Crippen molar-refractivity contribution in [2.24, 2.45) is 0 Å². The van der Waals surface area contributed by atoms with E-state index >= 15 is 0 Å². The highest BCUT2D eigenvalue weighted by atomic mass is 16.5. The van der Waals surface area contributed by atoms with Crippen molar-refractivity contribution in [2.75, 3.05) is 31.6 Å². The van der Waals surface area contributed by atoms with Crippen molar-refractivity contribution in [1.82, 2.24) is 4.90 Å². The molecular formula is C19H22N2O4. The van der Waals surface area contributed by atoms with Crippen LogP contribution in [-0.2, 0) is 0 Å². The molecule has 0 spiro atoms. The molecule has 1 fully saturated rings. The van der Waals surface area contributed by atoms with Gasteiger partial charge in [0.25, 0.3) is 5.91 Å². The van der Waals surface area contributed by atoms with Gasteiger partial charge in [0.05, 0.1) is 12.8 Å². The number of hydrogen-bond acceptors (Lipinski definition) is 5. The number of amides is 1. The fraction of sp³-hybridized carbons (Fsp3) is 0.316. The molecule has 3 rings (SSSR count). The summed E-state index contributed by atoms with van der Waals surface area (Å²) in [5, 5.41) is 19.9. The van der Waals surface area contributed by atoms with E-state index in [1.54, 1.807) is 12.0 Å². The van der Waals surface area contributed by atoms with Gasteiger partial charge in [-0.2, -0.15) is 0 Å². The lowest BCUT2D eigenvalue weighted by Gasteiger charge is -2.41. The number of ether oxygens (including phenoxy) is 1. The van der Waals surface area contributed by atoms with E-state index in [-0.39, 0.29) is 29.0 Å². The van der Waals surface area contributed by atoms with Crippen LogP contribution in [0.3, 0.4) is 0 Å². The predicted octanol–water partition coefficient (Wildman–Crippen LogP) is 2.46.